The van der Waals surface area contributed by atoms with Crippen LogP contribution in [0.3, 0.4) is 0 Å². The Hall–Kier alpha value is -0.120. The second-order valence-electron chi connectivity index (χ2n) is 6.51. The maximum atomic E-state index is 5.69. The van der Waals surface area contributed by atoms with E-state index in [0.717, 1.165) is 25.8 Å². The first-order valence-electron chi connectivity index (χ1n) is 7.66. The Bertz CT molecular complexity index is 247. The Kier molecular flexibility index (Phi) is 5.05. The molecule has 18 heavy (non-hydrogen) atoms. The molecule has 2 atom stereocenters. The molecule has 3 heteroatoms. The van der Waals surface area contributed by atoms with Gasteiger partial charge in [-0.2, -0.15) is 0 Å². The van der Waals surface area contributed by atoms with Crippen LogP contribution in [-0.2, 0) is 4.74 Å². The lowest BCUT2D eigenvalue weighted by molar-refractivity contribution is 0.102. The Morgan fingerprint density at radius 1 is 1.44 bits per heavy atom. The maximum absolute atomic E-state index is 5.69. The van der Waals surface area contributed by atoms with Crippen LogP contribution in [-0.4, -0.2) is 50.3 Å². The smallest absolute Gasteiger partial charge is 0.0547 e. The summed E-state index contributed by atoms with van der Waals surface area (Å²) in [7, 11) is 2.28. The molecule has 106 valence electrons. The first kappa shape index (κ1) is 14.3. The third-order valence-electron chi connectivity index (χ3n) is 4.57. The summed E-state index contributed by atoms with van der Waals surface area (Å²) < 4.78 is 5.69. The van der Waals surface area contributed by atoms with Crippen molar-refractivity contribution in [2.75, 3.05) is 33.4 Å². The van der Waals surface area contributed by atoms with Crippen LogP contribution in [0.25, 0.3) is 0 Å². The van der Waals surface area contributed by atoms with Gasteiger partial charge in [-0.05, 0) is 39.7 Å². The summed E-state index contributed by atoms with van der Waals surface area (Å²) >= 11 is 0. The van der Waals surface area contributed by atoms with Crippen molar-refractivity contribution >= 4 is 0 Å². The molecule has 2 unspecified atom stereocenters. The van der Waals surface area contributed by atoms with Crippen LogP contribution in [0.1, 0.15) is 46.0 Å². The minimum Gasteiger partial charge on any atom is -0.381 e. The van der Waals surface area contributed by atoms with E-state index in [2.05, 4.69) is 31.1 Å². The first-order chi connectivity index (χ1) is 8.65. The van der Waals surface area contributed by atoms with Gasteiger partial charge in [0.15, 0.2) is 0 Å². The fourth-order valence-corrected chi connectivity index (χ4v) is 2.94. The largest absolute Gasteiger partial charge is 0.381 e. The lowest BCUT2D eigenvalue weighted by Gasteiger charge is -2.35. The van der Waals surface area contributed by atoms with Gasteiger partial charge in [0, 0.05) is 37.2 Å². The summed E-state index contributed by atoms with van der Waals surface area (Å²) in [5.74, 6) is 0. The molecule has 1 saturated heterocycles. The van der Waals surface area contributed by atoms with Gasteiger partial charge in [-0.15, -0.1) is 0 Å². The fourth-order valence-electron chi connectivity index (χ4n) is 2.94. The lowest BCUT2D eigenvalue weighted by atomic mass is 9.86. The van der Waals surface area contributed by atoms with E-state index in [1.165, 1.54) is 38.6 Å². The van der Waals surface area contributed by atoms with E-state index in [4.69, 9.17) is 4.74 Å². The SMILES string of the molecule is CCCC(C)N(C)CC1(CNC2CC2)CCOC1. The molecule has 0 bridgehead atoms. The van der Waals surface area contributed by atoms with Gasteiger partial charge >= 0.3 is 0 Å². The molecule has 0 amide bonds. The first-order valence-corrected chi connectivity index (χ1v) is 7.66. The molecule has 2 rings (SSSR count). The van der Waals surface area contributed by atoms with Gasteiger partial charge < -0.3 is 15.0 Å². The molecule has 0 radical (unpaired) electrons. The normalized spacial score (nSPS) is 30.0. The second kappa shape index (κ2) is 6.36. The van der Waals surface area contributed by atoms with Crippen molar-refractivity contribution in [1.29, 1.82) is 0 Å². The van der Waals surface area contributed by atoms with Gasteiger partial charge in [-0.1, -0.05) is 13.3 Å². The molecule has 0 aromatic rings. The molecule has 3 nitrogen and oxygen atoms in total. The van der Waals surface area contributed by atoms with Gasteiger partial charge in [0.2, 0.25) is 0 Å². The van der Waals surface area contributed by atoms with Crippen molar-refractivity contribution < 1.29 is 4.74 Å². The molecule has 1 aliphatic heterocycles. The summed E-state index contributed by atoms with van der Waals surface area (Å²) in [5, 5.41) is 3.71. The van der Waals surface area contributed by atoms with E-state index >= 15 is 0 Å². The average molecular weight is 254 g/mol. The van der Waals surface area contributed by atoms with Crippen LogP contribution in [0.15, 0.2) is 0 Å². The molecule has 1 N–H and O–H groups in total. The number of hydrogen-bond acceptors (Lipinski definition) is 3. The molecule has 0 aromatic carbocycles. The van der Waals surface area contributed by atoms with Crippen molar-refractivity contribution in [3.05, 3.63) is 0 Å². The number of nitrogens with one attached hydrogen (secondary N) is 1. The molecular formula is C15H30N2O. The zero-order chi connectivity index (χ0) is 13.0. The zero-order valence-corrected chi connectivity index (χ0v) is 12.4. The highest BCUT2D eigenvalue weighted by atomic mass is 16.5. The van der Waals surface area contributed by atoms with Crippen LogP contribution in [0.4, 0.5) is 0 Å². The summed E-state index contributed by atoms with van der Waals surface area (Å²) in [5.41, 5.74) is 0.360. The zero-order valence-electron chi connectivity index (χ0n) is 12.4. The van der Waals surface area contributed by atoms with Crippen LogP contribution in [0, 0.1) is 5.41 Å². The van der Waals surface area contributed by atoms with Crippen LogP contribution in [0.5, 0.6) is 0 Å². The molecule has 0 spiro atoms. The van der Waals surface area contributed by atoms with Gasteiger partial charge in [-0.25, -0.2) is 0 Å². The van der Waals surface area contributed by atoms with Gasteiger partial charge in [0.05, 0.1) is 6.61 Å². The topological polar surface area (TPSA) is 24.5 Å². The third kappa shape index (κ3) is 3.94. The summed E-state index contributed by atoms with van der Waals surface area (Å²) in [6.07, 6.45) is 6.53. The number of hydrogen-bond donors (Lipinski definition) is 1. The Morgan fingerprint density at radius 2 is 2.22 bits per heavy atom. The molecule has 1 saturated carbocycles. The van der Waals surface area contributed by atoms with E-state index in [1.54, 1.807) is 0 Å². The van der Waals surface area contributed by atoms with E-state index in [-0.39, 0.29) is 0 Å². The monoisotopic (exact) mass is 254 g/mol. The number of nitrogens with zero attached hydrogens (tertiary/aromatic N) is 1. The van der Waals surface area contributed by atoms with E-state index < -0.39 is 0 Å². The minimum atomic E-state index is 0.360. The van der Waals surface area contributed by atoms with Crippen LogP contribution < -0.4 is 5.32 Å². The average Bonchev–Trinajstić information content (AvgIpc) is 3.08. The Morgan fingerprint density at radius 3 is 2.78 bits per heavy atom. The summed E-state index contributed by atoms with van der Waals surface area (Å²) in [6, 6.07) is 1.49. The van der Waals surface area contributed by atoms with Gasteiger partial charge in [0.25, 0.3) is 0 Å². The third-order valence-corrected chi connectivity index (χ3v) is 4.57. The second-order valence-corrected chi connectivity index (χ2v) is 6.51. The molecule has 1 aliphatic carbocycles. The summed E-state index contributed by atoms with van der Waals surface area (Å²) in [4.78, 5) is 2.53. The van der Waals surface area contributed by atoms with E-state index in [1.807, 2.05) is 0 Å². The minimum absolute atomic E-state index is 0.360. The van der Waals surface area contributed by atoms with Crippen molar-refractivity contribution in [2.24, 2.45) is 5.41 Å². The highest BCUT2D eigenvalue weighted by molar-refractivity contribution is 4.92. The highest BCUT2D eigenvalue weighted by Crippen LogP contribution is 2.31. The molecule has 1 heterocycles. The molecular weight excluding hydrogens is 224 g/mol. The van der Waals surface area contributed by atoms with Crippen molar-refractivity contribution in [3.8, 4) is 0 Å². The Labute approximate surface area is 112 Å². The van der Waals surface area contributed by atoms with Crippen molar-refractivity contribution in [2.45, 2.75) is 58.0 Å². The van der Waals surface area contributed by atoms with E-state index in [9.17, 15) is 0 Å². The molecule has 0 aromatic heterocycles. The van der Waals surface area contributed by atoms with Gasteiger partial charge in [0.1, 0.15) is 0 Å². The predicted molar refractivity (Wildman–Crippen MR) is 75.9 cm³/mol. The molecule has 2 aliphatic rings. The summed E-state index contributed by atoms with van der Waals surface area (Å²) in [6.45, 7) is 8.82. The van der Waals surface area contributed by atoms with Crippen molar-refractivity contribution in [1.82, 2.24) is 10.2 Å². The fraction of sp³-hybridized carbons (Fsp3) is 1.00. The van der Waals surface area contributed by atoms with Crippen LogP contribution in [0.2, 0.25) is 0 Å². The van der Waals surface area contributed by atoms with Gasteiger partial charge in [-0.3, -0.25) is 0 Å². The highest BCUT2D eigenvalue weighted by Gasteiger charge is 2.37. The predicted octanol–water partition coefficient (Wildman–Crippen LogP) is 2.27. The molecule has 2 fully saturated rings. The Balaban J connectivity index is 1.83. The maximum Gasteiger partial charge on any atom is 0.0547 e. The van der Waals surface area contributed by atoms with Crippen molar-refractivity contribution in [3.63, 3.8) is 0 Å². The number of ether oxygens (including phenoxy) is 1. The standard InChI is InChI=1S/C15H30N2O/c1-4-5-13(2)17(3)11-15(8-9-18-12-15)10-16-14-6-7-14/h13-14,16H,4-12H2,1-3H3. The quantitative estimate of drug-likeness (QED) is 0.719. The van der Waals surface area contributed by atoms with E-state index in [0.29, 0.717) is 11.5 Å². The number of rotatable bonds is 8. The lowest BCUT2D eigenvalue weighted by Crippen LogP contribution is -2.46. The van der Waals surface area contributed by atoms with Crippen LogP contribution >= 0.6 is 0 Å².